The van der Waals surface area contributed by atoms with Crippen molar-refractivity contribution in [2.24, 2.45) is 5.73 Å². The molecule has 3 N–H and O–H groups in total. The minimum absolute atomic E-state index is 0.0267. The minimum atomic E-state index is -0.833. The van der Waals surface area contributed by atoms with Crippen molar-refractivity contribution >= 4 is 45.9 Å². The predicted molar refractivity (Wildman–Crippen MR) is 99.4 cm³/mol. The number of nitrogens with zero attached hydrogens (tertiary/aromatic N) is 1. The number of fused-ring (bicyclic) bond motifs is 1. The van der Waals surface area contributed by atoms with Crippen LogP contribution in [0, 0.1) is 6.92 Å². The van der Waals surface area contributed by atoms with Crippen LogP contribution in [-0.2, 0) is 9.53 Å². The number of hydrogen-bond acceptors (Lipinski definition) is 7. The topological polar surface area (TPSA) is 136 Å². The van der Waals surface area contributed by atoms with Gasteiger partial charge >= 0.3 is 5.97 Å². The van der Waals surface area contributed by atoms with E-state index in [2.05, 4.69) is 10.1 Å². The second kappa shape index (κ2) is 7.24. The number of rotatable bonds is 5. The molecule has 28 heavy (non-hydrogen) atoms. The predicted octanol–water partition coefficient (Wildman–Crippen LogP) is 1.18. The lowest BCUT2D eigenvalue weighted by atomic mass is 10.1. The second-order valence-electron chi connectivity index (χ2n) is 5.91. The number of carbonyl (C=O) groups is 5. The van der Waals surface area contributed by atoms with Gasteiger partial charge in [-0.3, -0.25) is 24.1 Å². The zero-order valence-electron chi connectivity index (χ0n) is 14.9. The first-order chi connectivity index (χ1) is 13.3. The monoisotopic (exact) mass is 401 g/mol. The molecule has 9 nitrogen and oxygen atoms in total. The first-order valence-electron chi connectivity index (χ1n) is 8.02. The van der Waals surface area contributed by atoms with E-state index in [4.69, 9.17) is 5.73 Å². The van der Waals surface area contributed by atoms with Crippen LogP contribution in [0.15, 0.2) is 24.3 Å². The van der Waals surface area contributed by atoms with Gasteiger partial charge < -0.3 is 15.8 Å². The minimum Gasteiger partial charge on any atom is -0.465 e. The SMILES string of the molecule is COC(=O)c1sc(NC(=O)CN2C(=O)c3ccccc3C2=O)c(C(N)=O)c1C. The highest BCUT2D eigenvalue weighted by molar-refractivity contribution is 7.18. The molecule has 144 valence electrons. The summed E-state index contributed by atoms with van der Waals surface area (Å²) in [6.07, 6.45) is 0. The first kappa shape index (κ1) is 19.2. The third-order valence-electron chi connectivity index (χ3n) is 4.20. The Hall–Kier alpha value is -3.53. The summed E-state index contributed by atoms with van der Waals surface area (Å²) in [7, 11) is 1.19. The van der Waals surface area contributed by atoms with Gasteiger partial charge in [0.25, 0.3) is 17.7 Å². The molecule has 0 radical (unpaired) electrons. The number of carbonyl (C=O) groups excluding carboxylic acids is 5. The van der Waals surface area contributed by atoms with Crippen LogP contribution in [0.3, 0.4) is 0 Å². The average molecular weight is 401 g/mol. The van der Waals surface area contributed by atoms with E-state index in [1.165, 1.54) is 26.2 Å². The fourth-order valence-electron chi connectivity index (χ4n) is 2.88. The van der Waals surface area contributed by atoms with Crippen LogP contribution in [0.5, 0.6) is 0 Å². The summed E-state index contributed by atoms with van der Waals surface area (Å²) in [4.78, 5) is 61.6. The summed E-state index contributed by atoms with van der Waals surface area (Å²) >= 11 is 0.827. The number of imide groups is 1. The van der Waals surface area contributed by atoms with E-state index >= 15 is 0 Å². The normalized spacial score (nSPS) is 12.7. The fraction of sp³-hybridized carbons (Fsp3) is 0.167. The van der Waals surface area contributed by atoms with E-state index < -0.39 is 36.1 Å². The molecule has 3 rings (SSSR count). The molecular weight excluding hydrogens is 386 g/mol. The largest absolute Gasteiger partial charge is 0.465 e. The van der Waals surface area contributed by atoms with Crippen molar-refractivity contribution < 1.29 is 28.7 Å². The number of methoxy groups -OCH3 is 1. The summed E-state index contributed by atoms with van der Waals surface area (Å²) in [6.45, 7) is 0.956. The molecule has 2 aromatic rings. The summed E-state index contributed by atoms with van der Waals surface area (Å²) in [5.74, 6) is -3.38. The molecule has 1 aliphatic rings. The number of nitrogens with two attached hydrogens (primary N) is 1. The Labute approximate surface area is 163 Å². The van der Waals surface area contributed by atoms with Crippen LogP contribution in [-0.4, -0.2) is 48.2 Å². The van der Waals surface area contributed by atoms with Gasteiger partial charge in [-0.2, -0.15) is 0 Å². The molecule has 2 heterocycles. The van der Waals surface area contributed by atoms with E-state index in [9.17, 15) is 24.0 Å². The van der Waals surface area contributed by atoms with Crippen LogP contribution >= 0.6 is 11.3 Å². The van der Waals surface area contributed by atoms with Crippen molar-refractivity contribution in [3.05, 3.63) is 51.4 Å². The smallest absolute Gasteiger partial charge is 0.348 e. The van der Waals surface area contributed by atoms with Crippen LogP contribution in [0.25, 0.3) is 0 Å². The number of esters is 1. The van der Waals surface area contributed by atoms with Gasteiger partial charge in [-0.1, -0.05) is 12.1 Å². The molecule has 1 aromatic carbocycles. The highest BCUT2D eigenvalue weighted by Crippen LogP contribution is 2.33. The van der Waals surface area contributed by atoms with Gasteiger partial charge in [0, 0.05) is 0 Å². The Balaban J connectivity index is 1.83. The Morgan fingerprint density at radius 3 is 2.21 bits per heavy atom. The zero-order chi connectivity index (χ0) is 20.6. The molecule has 0 spiro atoms. The number of ether oxygens (including phenoxy) is 1. The second-order valence-corrected chi connectivity index (χ2v) is 6.93. The molecule has 0 saturated carbocycles. The number of amides is 4. The maximum atomic E-state index is 12.4. The van der Waals surface area contributed by atoms with E-state index in [1.54, 1.807) is 12.1 Å². The van der Waals surface area contributed by atoms with Crippen molar-refractivity contribution in [1.82, 2.24) is 4.90 Å². The number of thiophene rings is 1. The molecule has 0 saturated heterocycles. The van der Waals surface area contributed by atoms with Crippen molar-refractivity contribution in [2.45, 2.75) is 6.92 Å². The Morgan fingerprint density at radius 1 is 1.14 bits per heavy atom. The number of anilines is 1. The van der Waals surface area contributed by atoms with Crippen LogP contribution < -0.4 is 11.1 Å². The van der Waals surface area contributed by atoms with Gasteiger partial charge in [-0.05, 0) is 24.6 Å². The molecular formula is C18H15N3O6S. The molecule has 4 amide bonds. The van der Waals surface area contributed by atoms with E-state index in [1.807, 2.05) is 0 Å². The van der Waals surface area contributed by atoms with Crippen molar-refractivity contribution in [1.29, 1.82) is 0 Å². The van der Waals surface area contributed by atoms with Crippen LogP contribution in [0.1, 0.15) is 46.3 Å². The molecule has 0 aliphatic carbocycles. The maximum Gasteiger partial charge on any atom is 0.348 e. The molecule has 1 aliphatic heterocycles. The number of nitrogens with one attached hydrogen (secondary N) is 1. The van der Waals surface area contributed by atoms with Gasteiger partial charge in [0.2, 0.25) is 5.91 Å². The molecule has 0 bridgehead atoms. The van der Waals surface area contributed by atoms with E-state index in [0.29, 0.717) is 0 Å². The van der Waals surface area contributed by atoms with Crippen LogP contribution in [0.4, 0.5) is 5.00 Å². The number of primary amides is 1. The molecule has 1 aromatic heterocycles. The number of hydrogen-bond donors (Lipinski definition) is 2. The highest BCUT2D eigenvalue weighted by Gasteiger charge is 2.36. The third kappa shape index (κ3) is 3.14. The van der Waals surface area contributed by atoms with Gasteiger partial charge in [0.15, 0.2) is 0 Å². The van der Waals surface area contributed by atoms with Crippen LogP contribution in [0.2, 0.25) is 0 Å². The molecule has 0 unspecified atom stereocenters. The van der Waals surface area contributed by atoms with Crippen molar-refractivity contribution in [3.8, 4) is 0 Å². The summed E-state index contributed by atoms with van der Waals surface area (Å²) in [6, 6.07) is 6.25. The van der Waals surface area contributed by atoms with Gasteiger partial charge in [0.05, 0.1) is 23.8 Å². The van der Waals surface area contributed by atoms with Gasteiger partial charge in [-0.25, -0.2) is 4.79 Å². The number of benzene rings is 1. The fourth-order valence-corrected chi connectivity index (χ4v) is 4.02. The third-order valence-corrected chi connectivity index (χ3v) is 5.38. The van der Waals surface area contributed by atoms with Crippen molar-refractivity contribution in [3.63, 3.8) is 0 Å². The summed E-state index contributed by atoms with van der Waals surface area (Å²) in [5, 5.41) is 2.50. The quantitative estimate of drug-likeness (QED) is 0.570. The Morgan fingerprint density at radius 2 is 1.71 bits per heavy atom. The summed E-state index contributed by atoms with van der Waals surface area (Å²) in [5.41, 5.74) is 6.05. The van der Waals surface area contributed by atoms with Crippen molar-refractivity contribution in [2.75, 3.05) is 19.0 Å². The Kier molecular flexibility index (Phi) is 4.97. The average Bonchev–Trinajstić information content (AvgIpc) is 3.11. The maximum absolute atomic E-state index is 12.4. The van der Waals surface area contributed by atoms with Gasteiger partial charge in [0.1, 0.15) is 16.4 Å². The molecule has 0 fully saturated rings. The molecule has 10 heteroatoms. The lowest BCUT2D eigenvalue weighted by Crippen LogP contribution is -2.37. The van der Waals surface area contributed by atoms with E-state index in [-0.39, 0.29) is 32.1 Å². The molecule has 0 atom stereocenters. The first-order valence-corrected chi connectivity index (χ1v) is 8.84. The Bertz CT molecular complexity index is 1010. The van der Waals surface area contributed by atoms with Gasteiger partial charge in [-0.15, -0.1) is 11.3 Å². The summed E-state index contributed by atoms with van der Waals surface area (Å²) < 4.78 is 4.65. The highest BCUT2D eigenvalue weighted by atomic mass is 32.1. The lowest BCUT2D eigenvalue weighted by Gasteiger charge is -2.13. The van der Waals surface area contributed by atoms with E-state index in [0.717, 1.165) is 16.2 Å². The zero-order valence-corrected chi connectivity index (χ0v) is 15.7. The standard InChI is InChI=1S/C18H15N3O6S/c1-8-12(14(19)23)15(28-13(8)18(26)27-2)20-11(22)7-21-16(24)9-5-3-4-6-10(9)17(21)25/h3-6H,7H2,1-2H3,(H2,19,23)(H,20,22). The lowest BCUT2D eigenvalue weighted by molar-refractivity contribution is -0.116.